The van der Waals surface area contributed by atoms with E-state index >= 15 is 0 Å². The summed E-state index contributed by atoms with van der Waals surface area (Å²) in [6.45, 7) is 13.3. The number of carbonyl (C=O) groups is 3. The van der Waals surface area contributed by atoms with Crippen LogP contribution in [0.5, 0.6) is 5.75 Å². The molecule has 0 aliphatic heterocycles. The third-order valence-electron chi connectivity index (χ3n) is 5.63. The summed E-state index contributed by atoms with van der Waals surface area (Å²) in [5.41, 5.74) is 0.451. The highest BCUT2D eigenvalue weighted by atomic mass is 32.1. The Kier molecular flexibility index (Phi) is 12.4. The number of amides is 3. The van der Waals surface area contributed by atoms with Crippen molar-refractivity contribution in [3.63, 3.8) is 0 Å². The normalized spacial score (nSPS) is 13.9. The van der Waals surface area contributed by atoms with Gasteiger partial charge in [0.15, 0.2) is 0 Å². The Morgan fingerprint density at radius 1 is 1.17 bits per heavy atom. The van der Waals surface area contributed by atoms with E-state index in [0.717, 1.165) is 19.3 Å². The molecular formula is C26H43N3O5S. The lowest BCUT2D eigenvalue weighted by atomic mass is 9.98. The van der Waals surface area contributed by atoms with Gasteiger partial charge in [0.25, 0.3) is 0 Å². The molecule has 1 aromatic carbocycles. The van der Waals surface area contributed by atoms with Crippen LogP contribution in [0.3, 0.4) is 0 Å². The zero-order valence-corrected chi connectivity index (χ0v) is 23.1. The third-order valence-corrected chi connectivity index (χ3v) is 6.00. The number of phenols is 1. The number of benzene rings is 1. The number of ether oxygens (including phenoxy) is 1. The molecule has 0 radical (unpaired) electrons. The summed E-state index contributed by atoms with van der Waals surface area (Å²) >= 11 is 4.30. The summed E-state index contributed by atoms with van der Waals surface area (Å²) in [6.07, 6.45) is 2.70. The van der Waals surface area contributed by atoms with Crippen molar-refractivity contribution in [2.75, 3.05) is 12.3 Å². The van der Waals surface area contributed by atoms with Crippen molar-refractivity contribution in [2.45, 2.75) is 97.9 Å². The third kappa shape index (κ3) is 9.63. The van der Waals surface area contributed by atoms with E-state index in [9.17, 15) is 19.5 Å². The number of alkyl carbamates (subject to hydrolysis) is 1. The fraction of sp³-hybridized carbons (Fsp3) is 0.654. The summed E-state index contributed by atoms with van der Waals surface area (Å²) in [4.78, 5) is 41.2. The van der Waals surface area contributed by atoms with Gasteiger partial charge in [-0.15, -0.1) is 0 Å². The standard InChI is InChI=1S/C26H43N3O5S/c1-8-10-11-14-27-23(31)22(19-12-13-21(30)17(3)15-19)29(18(4)9-2)24(32)20(16-35)28-25(33)34-26(5,6)7/h12-13,15,18,20,22,30,35H,8-11,14,16H2,1-7H3,(H,27,31)(H,28,33). The highest BCUT2D eigenvalue weighted by Gasteiger charge is 2.38. The van der Waals surface area contributed by atoms with E-state index in [1.54, 1.807) is 39.8 Å². The van der Waals surface area contributed by atoms with Crippen LogP contribution in [0.15, 0.2) is 18.2 Å². The molecule has 0 aromatic heterocycles. The molecule has 9 heteroatoms. The van der Waals surface area contributed by atoms with Crippen LogP contribution in [-0.2, 0) is 14.3 Å². The Balaban J connectivity index is 3.40. The predicted molar refractivity (Wildman–Crippen MR) is 142 cm³/mol. The van der Waals surface area contributed by atoms with Gasteiger partial charge in [0, 0.05) is 18.3 Å². The number of rotatable bonds is 12. The topological polar surface area (TPSA) is 108 Å². The van der Waals surface area contributed by atoms with E-state index in [2.05, 4.69) is 30.2 Å². The van der Waals surface area contributed by atoms with Gasteiger partial charge in [0.05, 0.1) is 0 Å². The number of nitrogens with zero attached hydrogens (tertiary/aromatic N) is 1. The van der Waals surface area contributed by atoms with Crippen molar-refractivity contribution in [3.8, 4) is 5.75 Å². The van der Waals surface area contributed by atoms with Gasteiger partial charge in [-0.3, -0.25) is 9.59 Å². The second kappa shape index (κ2) is 14.2. The van der Waals surface area contributed by atoms with Crippen LogP contribution in [0.25, 0.3) is 0 Å². The van der Waals surface area contributed by atoms with Gasteiger partial charge >= 0.3 is 6.09 Å². The summed E-state index contributed by atoms with van der Waals surface area (Å²) in [7, 11) is 0. The monoisotopic (exact) mass is 509 g/mol. The van der Waals surface area contributed by atoms with E-state index in [4.69, 9.17) is 4.74 Å². The SMILES string of the molecule is CCCCCNC(=O)C(c1ccc(O)c(C)c1)N(C(=O)C(CS)NC(=O)OC(C)(C)C)C(C)CC. The summed E-state index contributed by atoms with van der Waals surface area (Å²) in [5, 5.41) is 15.6. The zero-order chi connectivity index (χ0) is 26.8. The first-order valence-corrected chi connectivity index (χ1v) is 13.0. The molecule has 0 aliphatic carbocycles. The first-order chi connectivity index (χ1) is 16.4. The second-order valence-corrected chi connectivity index (χ2v) is 10.2. The van der Waals surface area contributed by atoms with Crippen LogP contribution in [0.2, 0.25) is 0 Å². The lowest BCUT2D eigenvalue weighted by Crippen LogP contribution is -2.56. The average Bonchev–Trinajstić information content (AvgIpc) is 2.78. The van der Waals surface area contributed by atoms with Gasteiger partial charge < -0.3 is 25.4 Å². The molecule has 1 aromatic rings. The lowest BCUT2D eigenvalue weighted by Gasteiger charge is -2.38. The minimum Gasteiger partial charge on any atom is -0.508 e. The van der Waals surface area contributed by atoms with Crippen molar-refractivity contribution in [1.29, 1.82) is 0 Å². The fourth-order valence-corrected chi connectivity index (χ4v) is 3.83. The molecule has 3 unspecified atom stereocenters. The highest BCUT2D eigenvalue weighted by molar-refractivity contribution is 7.80. The molecule has 3 N–H and O–H groups in total. The van der Waals surface area contributed by atoms with Crippen molar-refractivity contribution in [1.82, 2.24) is 15.5 Å². The van der Waals surface area contributed by atoms with Gasteiger partial charge in [-0.25, -0.2) is 4.79 Å². The van der Waals surface area contributed by atoms with Gasteiger partial charge in [0.1, 0.15) is 23.4 Å². The minimum absolute atomic E-state index is 0.0322. The van der Waals surface area contributed by atoms with E-state index in [1.165, 1.54) is 11.0 Å². The quantitative estimate of drug-likeness (QED) is 0.245. The van der Waals surface area contributed by atoms with Gasteiger partial charge in [-0.1, -0.05) is 32.8 Å². The Morgan fingerprint density at radius 3 is 2.34 bits per heavy atom. The molecule has 0 heterocycles. The molecule has 0 fully saturated rings. The minimum atomic E-state index is -0.990. The Labute approximate surface area is 215 Å². The number of phenolic OH excluding ortho intramolecular Hbond substituents is 1. The van der Waals surface area contributed by atoms with E-state index in [0.29, 0.717) is 24.1 Å². The number of hydrogen-bond donors (Lipinski definition) is 4. The lowest BCUT2D eigenvalue weighted by molar-refractivity contribution is -0.144. The molecule has 0 saturated heterocycles. The van der Waals surface area contributed by atoms with Crippen molar-refractivity contribution < 1.29 is 24.2 Å². The summed E-state index contributed by atoms with van der Waals surface area (Å²) < 4.78 is 5.32. The van der Waals surface area contributed by atoms with Crippen molar-refractivity contribution in [2.24, 2.45) is 0 Å². The van der Waals surface area contributed by atoms with Crippen LogP contribution in [0.4, 0.5) is 4.79 Å². The van der Waals surface area contributed by atoms with Crippen molar-refractivity contribution >= 4 is 30.5 Å². The number of carbonyl (C=O) groups excluding carboxylic acids is 3. The van der Waals surface area contributed by atoms with E-state index < -0.39 is 29.7 Å². The van der Waals surface area contributed by atoms with Crippen LogP contribution >= 0.6 is 12.6 Å². The summed E-state index contributed by atoms with van der Waals surface area (Å²) in [6, 6.07) is 2.64. The second-order valence-electron chi connectivity index (χ2n) is 9.83. The predicted octanol–water partition coefficient (Wildman–Crippen LogP) is 4.50. The average molecular weight is 510 g/mol. The van der Waals surface area contributed by atoms with Crippen LogP contribution < -0.4 is 10.6 Å². The molecule has 3 atom stereocenters. The molecular weight excluding hydrogens is 466 g/mol. The smallest absolute Gasteiger partial charge is 0.408 e. The fourth-order valence-electron chi connectivity index (χ4n) is 3.58. The van der Waals surface area contributed by atoms with Crippen LogP contribution in [0, 0.1) is 6.92 Å². The Hall–Kier alpha value is -2.42. The number of unbranched alkanes of at least 4 members (excludes halogenated alkanes) is 2. The number of aromatic hydroxyl groups is 1. The molecule has 0 aliphatic rings. The van der Waals surface area contributed by atoms with Crippen LogP contribution in [-0.4, -0.2) is 57.9 Å². The molecule has 8 nitrogen and oxygen atoms in total. The van der Waals surface area contributed by atoms with E-state index in [-0.39, 0.29) is 23.5 Å². The molecule has 198 valence electrons. The van der Waals surface area contributed by atoms with Gasteiger partial charge in [0.2, 0.25) is 11.8 Å². The maximum Gasteiger partial charge on any atom is 0.408 e. The molecule has 1 rings (SSSR count). The Bertz CT molecular complexity index is 856. The largest absolute Gasteiger partial charge is 0.508 e. The van der Waals surface area contributed by atoms with Crippen LogP contribution in [0.1, 0.15) is 84.4 Å². The number of thiol groups is 1. The molecule has 3 amide bonds. The maximum absolute atomic E-state index is 13.8. The van der Waals surface area contributed by atoms with E-state index in [1.807, 2.05) is 13.8 Å². The molecule has 35 heavy (non-hydrogen) atoms. The Morgan fingerprint density at radius 2 is 1.83 bits per heavy atom. The van der Waals surface area contributed by atoms with Gasteiger partial charge in [-0.2, -0.15) is 12.6 Å². The number of hydrogen-bond acceptors (Lipinski definition) is 6. The molecule has 0 spiro atoms. The summed E-state index contributed by atoms with van der Waals surface area (Å²) in [5.74, 6) is -0.600. The van der Waals surface area contributed by atoms with Crippen molar-refractivity contribution in [3.05, 3.63) is 29.3 Å². The highest BCUT2D eigenvalue weighted by Crippen LogP contribution is 2.29. The number of aryl methyl sites for hydroxylation is 1. The zero-order valence-electron chi connectivity index (χ0n) is 22.2. The first-order valence-electron chi connectivity index (χ1n) is 12.4. The first kappa shape index (κ1) is 30.6. The van der Waals surface area contributed by atoms with Gasteiger partial charge in [-0.05, 0) is 70.7 Å². The number of nitrogens with one attached hydrogen (secondary N) is 2. The molecule has 0 saturated carbocycles. The molecule has 0 bridgehead atoms. The maximum atomic E-state index is 13.8.